The van der Waals surface area contributed by atoms with Crippen LogP contribution in [0.3, 0.4) is 0 Å². The molecular weight excluding hydrogens is 382 g/mol. The van der Waals surface area contributed by atoms with Crippen LogP contribution in [0.2, 0.25) is 0 Å². The first-order valence-corrected chi connectivity index (χ1v) is 8.25. The summed E-state index contributed by atoms with van der Waals surface area (Å²) in [6, 6.07) is 9.67. The Morgan fingerprint density at radius 1 is 1.35 bits per heavy atom. The molecule has 23 heavy (non-hydrogen) atoms. The SMILES string of the molecule is COC(=O)c1nc(Br)c2oc(Sc3ccc(C)cc3)cc2c1O. The molecule has 5 nitrogen and oxygen atoms in total. The van der Waals surface area contributed by atoms with E-state index in [2.05, 4.69) is 25.7 Å². The zero-order valence-corrected chi connectivity index (χ0v) is 14.7. The molecule has 0 saturated heterocycles. The molecule has 118 valence electrons. The van der Waals surface area contributed by atoms with E-state index in [-0.39, 0.29) is 11.4 Å². The molecule has 0 aliphatic heterocycles. The molecule has 3 aromatic rings. The second-order valence-electron chi connectivity index (χ2n) is 4.81. The normalized spacial score (nSPS) is 10.9. The monoisotopic (exact) mass is 393 g/mol. The zero-order valence-electron chi connectivity index (χ0n) is 12.3. The van der Waals surface area contributed by atoms with Gasteiger partial charge in [0, 0.05) is 11.0 Å². The maximum absolute atomic E-state index is 11.7. The van der Waals surface area contributed by atoms with Crippen molar-refractivity contribution in [1.29, 1.82) is 0 Å². The third-order valence-electron chi connectivity index (χ3n) is 3.20. The number of pyridine rings is 1. The molecule has 0 radical (unpaired) electrons. The largest absolute Gasteiger partial charge is 0.505 e. The first kappa shape index (κ1) is 15.9. The number of aromatic nitrogens is 1. The van der Waals surface area contributed by atoms with Crippen molar-refractivity contribution in [3.63, 3.8) is 0 Å². The predicted octanol–water partition coefficient (Wildman–Crippen LogP) is 4.54. The van der Waals surface area contributed by atoms with E-state index in [0.717, 1.165) is 4.90 Å². The fraction of sp³-hybridized carbons (Fsp3) is 0.125. The Bertz CT molecular complexity index is 889. The number of halogens is 1. The number of carbonyl (C=O) groups excluding carboxylic acids is 1. The third kappa shape index (κ3) is 3.07. The van der Waals surface area contributed by atoms with Crippen LogP contribution >= 0.6 is 27.7 Å². The number of rotatable bonds is 3. The van der Waals surface area contributed by atoms with Crippen LogP contribution in [0.5, 0.6) is 5.75 Å². The van der Waals surface area contributed by atoms with Crippen LogP contribution in [-0.4, -0.2) is 23.2 Å². The average molecular weight is 394 g/mol. The Kier molecular flexibility index (Phi) is 4.32. The smallest absolute Gasteiger partial charge is 0.360 e. The minimum absolute atomic E-state index is 0.153. The number of aromatic hydroxyl groups is 1. The lowest BCUT2D eigenvalue weighted by Gasteiger charge is -2.03. The van der Waals surface area contributed by atoms with E-state index in [0.29, 0.717) is 20.7 Å². The van der Waals surface area contributed by atoms with E-state index in [9.17, 15) is 9.90 Å². The highest BCUT2D eigenvalue weighted by Gasteiger charge is 2.22. The van der Waals surface area contributed by atoms with Crippen molar-refractivity contribution in [2.24, 2.45) is 0 Å². The third-order valence-corrected chi connectivity index (χ3v) is 4.65. The van der Waals surface area contributed by atoms with Gasteiger partial charge in [-0.15, -0.1) is 0 Å². The molecule has 3 rings (SSSR count). The fourth-order valence-electron chi connectivity index (χ4n) is 2.04. The van der Waals surface area contributed by atoms with Crippen molar-refractivity contribution in [3.8, 4) is 5.75 Å². The van der Waals surface area contributed by atoms with E-state index in [1.54, 1.807) is 6.07 Å². The molecule has 0 aliphatic rings. The number of esters is 1. The number of fused-ring (bicyclic) bond motifs is 1. The summed E-state index contributed by atoms with van der Waals surface area (Å²) >= 11 is 4.67. The van der Waals surface area contributed by atoms with Gasteiger partial charge < -0.3 is 14.3 Å². The van der Waals surface area contributed by atoms with Crippen LogP contribution in [0, 0.1) is 6.92 Å². The molecule has 0 unspecified atom stereocenters. The summed E-state index contributed by atoms with van der Waals surface area (Å²) in [6.45, 7) is 2.02. The minimum Gasteiger partial charge on any atom is -0.505 e. The van der Waals surface area contributed by atoms with Gasteiger partial charge in [0.15, 0.2) is 26.7 Å². The standard InChI is InChI=1S/C16H12BrNO4S/c1-8-3-5-9(6-4-8)23-11-7-10-13(19)12(16(20)21-2)18-15(17)14(10)22-11/h3-7,19H,1-2H3. The molecular formula is C16H12BrNO4S. The van der Waals surface area contributed by atoms with Gasteiger partial charge in [0.2, 0.25) is 0 Å². The summed E-state index contributed by atoms with van der Waals surface area (Å²) in [5, 5.41) is 11.2. The molecule has 0 atom stereocenters. The zero-order chi connectivity index (χ0) is 16.6. The maximum Gasteiger partial charge on any atom is 0.360 e. The van der Waals surface area contributed by atoms with Crippen LogP contribution in [-0.2, 0) is 4.74 Å². The second-order valence-corrected chi connectivity index (χ2v) is 6.64. The van der Waals surface area contributed by atoms with Crippen LogP contribution in [0.25, 0.3) is 11.0 Å². The van der Waals surface area contributed by atoms with Gasteiger partial charge >= 0.3 is 5.97 Å². The average Bonchev–Trinajstić information content (AvgIpc) is 2.97. The molecule has 0 aliphatic carbocycles. The molecule has 0 fully saturated rings. The van der Waals surface area contributed by atoms with Crippen molar-refractivity contribution >= 4 is 44.6 Å². The Morgan fingerprint density at radius 2 is 2.04 bits per heavy atom. The molecule has 2 heterocycles. The molecule has 0 bridgehead atoms. The molecule has 1 aromatic carbocycles. The molecule has 0 amide bonds. The molecule has 7 heteroatoms. The Balaban J connectivity index is 2.04. The lowest BCUT2D eigenvalue weighted by atomic mass is 10.2. The number of methoxy groups -OCH3 is 1. The van der Waals surface area contributed by atoms with Gasteiger partial charge in [-0.25, -0.2) is 9.78 Å². The quantitative estimate of drug-likeness (QED) is 0.519. The van der Waals surface area contributed by atoms with Crippen molar-refractivity contribution in [2.75, 3.05) is 7.11 Å². The van der Waals surface area contributed by atoms with Crippen LogP contribution in [0.1, 0.15) is 16.1 Å². The van der Waals surface area contributed by atoms with Gasteiger partial charge in [-0.1, -0.05) is 29.5 Å². The summed E-state index contributed by atoms with van der Waals surface area (Å²) < 4.78 is 10.7. The van der Waals surface area contributed by atoms with Crippen LogP contribution in [0.15, 0.2) is 49.3 Å². The van der Waals surface area contributed by atoms with Gasteiger partial charge in [-0.3, -0.25) is 0 Å². The van der Waals surface area contributed by atoms with Crippen molar-refractivity contribution < 1.29 is 19.1 Å². The first-order chi connectivity index (χ1) is 11.0. The fourth-order valence-corrected chi connectivity index (χ4v) is 3.32. The first-order valence-electron chi connectivity index (χ1n) is 6.64. The number of furan rings is 1. The van der Waals surface area contributed by atoms with E-state index in [4.69, 9.17) is 4.42 Å². The van der Waals surface area contributed by atoms with E-state index < -0.39 is 5.97 Å². The molecule has 0 spiro atoms. The lowest BCUT2D eigenvalue weighted by Crippen LogP contribution is -2.05. The lowest BCUT2D eigenvalue weighted by molar-refractivity contribution is 0.0590. The highest BCUT2D eigenvalue weighted by Crippen LogP contribution is 2.39. The Labute approximate surface area is 144 Å². The summed E-state index contributed by atoms with van der Waals surface area (Å²) in [5.41, 5.74) is 1.40. The highest BCUT2D eigenvalue weighted by molar-refractivity contribution is 9.10. The number of aryl methyl sites for hydroxylation is 1. The number of hydrogen-bond donors (Lipinski definition) is 1. The van der Waals surface area contributed by atoms with E-state index in [1.807, 2.05) is 31.2 Å². The van der Waals surface area contributed by atoms with Crippen molar-refractivity contribution in [2.45, 2.75) is 16.9 Å². The van der Waals surface area contributed by atoms with E-state index >= 15 is 0 Å². The predicted molar refractivity (Wildman–Crippen MR) is 90.0 cm³/mol. The van der Waals surface area contributed by atoms with Gasteiger partial charge in [-0.05, 0) is 35.0 Å². The second kappa shape index (κ2) is 6.25. The van der Waals surface area contributed by atoms with Crippen molar-refractivity contribution in [3.05, 3.63) is 46.2 Å². The Morgan fingerprint density at radius 3 is 2.70 bits per heavy atom. The molecule has 0 saturated carbocycles. The molecule has 1 N–H and O–H groups in total. The number of nitrogens with zero attached hydrogens (tertiary/aromatic N) is 1. The molecule has 2 aromatic heterocycles. The summed E-state index contributed by atoms with van der Waals surface area (Å²) in [5.74, 6) is -0.964. The van der Waals surface area contributed by atoms with E-state index in [1.165, 1.54) is 24.4 Å². The minimum atomic E-state index is -0.709. The number of carbonyl (C=O) groups is 1. The van der Waals surface area contributed by atoms with Gasteiger partial charge in [0.25, 0.3) is 0 Å². The van der Waals surface area contributed by atoms with Gasteiger partial charge in [0.1, 0.15) is 0 Å². The highest BCUT2D eigenvalue weighted by atomic mass is 79.9. The summed E-state index contributed by atoms with van der Waals surface area (Å²) in [4.78, 5) is 16.7. The maximum atomic E-state index is 11.7. The number of hydrogen-bond acceptors (Lipinski definition) is 6. The van der Waals surface area contributed by atoms with Gasteiger partial charge in [-0.2, -0.15) is 0 Å². The summed E-state index contributed by atoms with van der Waals surface area (Å²) in [6.07, 6.45) is 0. The topological polar surface area (TPSA) is 72.6 Å². The van der Waals surface area contributed by atoms with Crippen LogP contribution < -0.4 is 0 Å². The number of ether oxygens (including phenoxy) is 1. The Hall–Kier alpha value is -1.99. The van der Waals surface area contributed by atoms with Gasteiger partial charge in [0.05, 0.1) is 12.5 Å². The number of benzene rings is 1. The van der Waals surface area contributed by atoms with Crippen molar-refractivity contribution in [1.82, 2.24) is 4.98 Å². The van der Waals surface area contributed by atoms with Crippen LogP contribution in [0.4, 0.5) is 0 Å². The summed E-state index contributed by atoms with van der Waals surface area (Å²) in [7, 11) is 1.23.